The van der Waals surface area contributed by atoms with Crippen LogP contribution >= 0.6 is 15.6 Å². The number of carbonyl (C=O) groups excluding carboxylic acids is 3. The Kier molecular flexibility index (Phi) is 68.8. The Labute approximate surface area is 589 Å². The number of carbonyl (C=O) groups is 3. The van der Waals surface area contributed by atoms with Crippen LogP contribution in [0, 0.1) is 0 Å². The number of phosphoric ester groups is 2. The summed E-state index contributed by atoms with van der Waals surface area (Å²) in [6, 6.07) is 0. The molecule has 0 aromatic heterocycles. The first-order chi connectivity index (χ1) is 47.2. The van der Waals surface area contributed by atoms with Gasteiger partial charge in [-0.05, 0) is 128 Å². The van der Waals surface area contributed by atoms with E-state index in [1.165, 1.54) is 96.3 Å². The van der Waals surface area contributed by atoms with Gasteiger partial charge in [0.05, 0.1) is 26.4 Å². The Morgan fingerprint density at radius 3 is 0.876 bits per heavy atom. The lowest BCUT2D eigenvalue weighted by Gasteiger charge is -2.21. The Bertz CT molecular complexity index is 2250. The minimum atomic E-state index is -4.93. The fourth-order valence-electron chi connectivity index (χ4n) is 9.94. The molecule has 0 aromatic rings. The van der Waals surface area contributed by atoms with Crippen molar-refractivity contribution in [2.45, 2.75) is 322 Å². The maximum Gasteiger partial charge on any atom is 0.472 e. The molecule has 0 spiro atoms. The summed E-state index contributed by atoms with van der Waals surface area (Å²) in [5, 5.41) is 20.6. The van der Waals surface area contributed by atoms with Gasteiger partial charge in [0.2, 0.25) is 0 Å². The van der Waals surface area contributed by atoms with Crippen molar-refractivity contribution in [3.05, 3.63) is 122 Å². The number of unbranched alkanes of at least 4 members (excludes halogenated alkanes) is 28. The average molecular weight is 1400 g/mol. The summed E-state index contributed by atoms with van der Waals surface area (Å²) in [5.74, 6) is -1.61. The zero-order valence-corrected chi connectivity index (χ0v) is 62.5. The van der Waals surface area contributed by atoms with Gasteiger partial charge in [0.25, 0.3) is 0 Å². The summed E-state index contributed by atoms with van der Waals surface area (Å²) >= 11 is 0. The van der Waals surface area contributed by atoms with Gasteiger partial charge >= 0.3 is 33.6 Å². The standard InChI is InChI=1S/C79H136O16P2/c1-4-7-10-13-16-19-22-25-28-30-31-32-33-34-35-36-37-38-39-40-41-43-46-47-50-53-56-59-62-65-77(82)89-68-74(80)69-91-96(85,86)92-70-75(81)71-93-97(87,88)94-73-76(95-79(84)67-64-61-58-55-52-49-44-27-24-21-18-15-12-9-6-3)72-90-78(83)66-63-60-57-54-51-48-45-42-29-26-23-20-17-14-11-8-5-2/h7-8,10-11,16-17,19-20,25-29,31-32,34-35,44-45,48,74-76,80-81H,4-6,9,12-15,18,21-24,30,33,36-43,46-47,49-73H2,1-3H3,(H,85,86)(H,87,88)/b10-7-,11-8-,19-16-,20-17-,28-25-,29-26-,32-31-,35-34-,44-27-,48-45-. The number of rotatable bonds is 71. The van der Waals surface area contributed by atoms with Crippen LogP contribution in [0.4, 0.5) is 0 Å². The molecule has 5 unspecified atom stereocenters. The van der Waals surface area contributed by atoms with Crippen LogP contribution in [0.2, 0.25) is 0 Å². The number of phosphoric acid groups is 2. The van der Waals surface area contributed by atoms with Crippen LogP contribution in [0.5, 0.6) is 0 Å². The third-order valence-electron chi connectivity index (χ3n) is 15.7. The van der Waals surface area contributed by atoms with Crippen LogP contribution in [0.15, 0.2) is 122 Å². The van der Waals surface area contributed by atoms with Crippen LogP contribution in [-0.2, 0) is 55.8 Å². The normalized spacial score (nSPS) is 14.8. The molecule has 0 amide bonds. The minimum absolute atomic E-state index is 0.0879. The van der Waals surface area contributed by atoms with E-state index in [2.05, 4.69) is 142 Å². The molecule has 16 nitrogen and oxygen atoms in total. The van der Waals surface area contributed by atoms with Gasteiger partial charge < -0.3 is 34.2 Å². The van der Waals surface area contributed by atoms with Crippen molar-refractivity contribution in [2.75, 3.05) is 39.6 Å². The molecule has 0 aromatic carbocycles. The first-order valence-electron chi connectivity index (χ1n) is 37.8. The topological polar surface area (TPSA) is 231 Å². The van der Waals surface area contributed by atoms with Gasteiger partial charge in [-0.2, -0.15) is 0 Å². The van der Waals surface area contributed by atoms with E-state index in [1.54, 1.807) is 0 Å². The highest BCUT2D eigenvalue weighted by atomic mass is 31.2. The van der Waals surface area contributed by atoms with Gasteiger partial charge in [-0.25, -0.2) is 9.13 Å². The fourth-order valence-corrected chi connectivity index (χ4v) is 11.5. The molecule has 0 radical (unpaired) electrons. The monoisotopic (exact) mass is 1400 g/mol. The summed E-state index contributed by atoms with van der Waals surface area (Å²) in [6.07, 6.45) is 84.0. The molecular weight excluding hydrogens is 1270 g/mol. The number of ether oxygens (including phenoxy) is 3. The number of allylic oxidation sites excluding steroid dienone is 20. The second kappa shape index (κ2) is 71.8. The summed E-state index contributed by atoms with van der Waals surface area (Å²) in [4.78, 5) is 58.5. The Balaban J connectivity index is 4.51. The minimum Gasteiger partial charge on any atom is -0.463 e. The van der Waals surface area contributed by atoms with Gasteiger partial charge in [-0.3, -0.25) is 32.5 Å². The number of hydrogen-bond acceptors (Lipinski definition) is 14. The maximum atomic E-state index is 12.9. The van der Waals surface area contributed by atoms with E-state index < -0.39 is 91.5 Å². The van der Waals surface area contributed by atoms with Crippen molar-refractivity contribution < 1.29 is 75.8 Å². The highest BCUT2D eigenvalue weighted by molar-refractivity contribution is 7.47. The second-order valence-corrected chi connectivity index (χ2v) is 27.9. The van der Waals surface area contributed by atoms with E-state index in [9.17, 15) is 43.5 Å². The van der Waals surface area contributed by atoms with Crippen LogP contribution in [0.3, 0.4) is 0 Å². The molecular formula is C79H136O16P2. The highest BCUT2D eigenvalue weighted by Gasteiger charge is 2.29. The molecule has 0 aliphatic carbocycles. The largest absolute Gasteiger partial charge is 0.472 e. The Hall–Kier alpha value is -4.05. The van der Waals surface area contributed by atoms with E-state index in [0.717, 1.165) is 148 Å². The van der Waals surface area contributed by atoms with E-state index in [1.807, 2.05) is 0 Å². The smallest absolute Gasteiger partial charge is 0.463 e. The summed E-state index contributed by atoms with van der Waals surface area (Å²) in [6.45, 7) is 2.42. The summed E-state index contributed by atoms with van der Waals surface area (Å²) in [7, 11) is -9.79. The van der Waals surface area contributed by atoms with Crippen LogP contribution < -0.4 is 0 Å². The van der Waals surface area contributed by atoms with Crippen LogP contribution in [-0.4, -0.2) is 95.9 Å². The maximum absolute atomic E-state index is 12.9. The number of aliphatic hydroxyl groups is 2. The first kappa shape index (κ1) is 93.0. The average Bonchev–Trinajstić information content (AvgIpc) is 1.48. The lowest BCUT2D eigenvalue weighted by Crippen LogP contribution is -2.30. The van der Waals surface area contributed by atoms with E-state index in [4.69, 9.17) is 32.3 Å². The van der Waals surface area contributed by atoms with Gasteiger partial charge in [-0.1, -0.05) is 277 Å². The van der Waals surface area contributed by atoms with Gasteiger partial charge in [0.1, 0.15) is 25.4 Å². The molecule has 0 aliphatic heterocycles. The molecule has 0 saturated heterocycles. The Morgan fingerprint density at radius 1 is 0.299 bits per heavy atom. The predicted octanol–water partition coefficient (Wildman–Crippen LogP) is 21.8. The third-order valence-corrected chi connectivity index (χ3v) is 17.6. The quantitative estimate of drug-likeness (QED) is 0.0146. The summed E-state index contributed by atoms with van der Waals surface area (Å²) in [5.41, 5.74) is 0. The lowest BCUT2D eigenvalue weighted by molar-refractivity contribution is -0.161. The first-order valence-corrected chi connectivity index (χ1v) is 40.8. The zero-order valence-electron chi connectivity index (χ0n) is 60.7. The van der Waals surface area contributed by atoms with Crippen molar-refractivity contribution in [1.82, 2.24) is 0 Å². The van der Waals surface area contributed by atoms with Crippen molar-refractivity contribution in [3.8, 4) is 0 Å². The van der Waals surface area contributed by atoms with Crippen molar-refractivity contribution in [3.63, 3.8) is 0 Å². The number of esters is 3. The zero-order chi connectivity index (χ0) is 70.9. The van der Waals surface area contributed by atoms with E-state index in [0.29, 0.717) is 19.3 Å². The number of hydrogen-bond donors (Lipinski definition) is 4. The van der Waals surface area contributed by atoms with E-state index in [-0.39, 0.29) is 19.3 Å². The third kappa shape index (κ3) is 73.0. The molecule has 558 valence electrons. The molecule has 0 bridgehead atoms. The molecule has 0 heterocycles. The molecule has 5 atom stereocenters. The molecule has 0 fully saturated rings. The molecule has 0 rings (SSSR count). The molecule has 0 aliphatic rings. The van der Waals surface area contributed by atoms with Gasteiger partial charge in [0, 0.05) is 19.3 Å². The van der Waals surface area contributed by atoms with Gasteiger partial charge in [-0.15, -0.1) is 0 Å². The summed E-state index contributed by atoms with van der Waals surface area (Å²) < 4.78 is 61.0. The van der Waals surface area contributed by atoms with E-state index >= 15 is 0 Å². The molecule has 0 saturated carbocycles. The molecule has 18 heteroatoms. The van der Waals surface area contributed by atoms with Crippen molar-refractivity contribution >= 4 is 33.6 Å². The highest BCUT2D eigenvalue weighted by Crippen LogP contribution is 2.45. The molecule has 97 heavy (non-hydrogen) atoms. The van der Waals surface area contributed by atoms with Crippen LogP contribution in [0.25, 0.3) is 0 Å². The second-order valence-electron chi connectivity index (χ2n) is 25.0. The van der Waals surface area contributed by atoms with Crippen molar-refractivity contribution in [2.24, 2.45) is 0 Å². The SMILES string of the molecule is CC/C=C\C/C=C\C/C=C\C/C=C\C/C=C\CCCCCCCCCCCCCCCC(=O)OCC(O)COP(=O)(O)OCC(O)COP(=O)(O)OCC(COC(=O)CCCCCC/C=C\C/C=C\C/C=C\C/C=C\CC)OC(=O)CCCCCCC/C=C\CCCCCCCC. The Morgan fingerprint density at radius 2 is 0.546 bits per heavy atom. The van der Waals surface area contributed by atoms with Crippen LogP contribution in [0.1, 0.15) is 303 Å². The van der Waals surface area contributed by atoms with Gasteiger partial charge in [0.15, 0.2) is 6.10 Å². The molecule has 4 N–H and O–H groups in total. The fraction of sp³-hybridized carbons (Fsp3) is 0.709. The predicted molar refractivity (Wildman–Crippen MR) is 399 cm³/mol. The van der Waals surface area contributed by atoms with Crippen molar-refractivity contribution in [1.29, 1.82) is 0 Å². The lowest BCUT2D eigenvalue weighted by atomic mass is 10.0. The number of aliphatic hydroxyl groups excluding tert-OH is 2.